The summed E-state index contributed by atoms with van der Waals surface area (Å²) in [6, 6.07) is 8.08. The Balaban J connectivity index is 2.58. The van der Waals surface area contributed by atoms with Crippen molar-refractivity contribution in [1.82, 2.24) is 4.90 Å². The van der Waals surface area contributed by atoms with Crippen LogP contribution >= 0.6 is 0 Å². The highest BCUT2D eigenvalue weighted by Crippen LogP contribution is 2.20. The van der Waals surface area contributed by atoms with E-state index in [9.17, 15) is 0 Å². The molecule has 1 unspecified atom stereocenters. The monoisotopic (exact) mass is 275 g/mol. The molecule has 20 heavy (non-hydrogen) atoms. The van der Waals surface area contributed by atoms with Crippen molar-refractivity contribution in [3.8, 4) is 11.8 Å². The normalized spacial score (nSPS) is 12.5. The molecule has 4 heteroatoms. The summed E-state index contributed by atoms with van der Waals surface area (Å²) >= 11 is 0. The van der Waals surface area contributed by atoms with E-state index in [4.69, 9.17) is 15.7 Å². The van der Waals surface area contributed by atoms with Crippen LogP contribution in [-0.2, 0) is 6.54 Å². The summed E-state index contributed by atoms with van der Waals surface area (Å²) in [7, 11) is 3.67. The molecule has 0 spiro atoms. The predicted octanol–water partition coefficient (Wildman–Crippen LogP) is 2.37. The Morgan fingerprint density at radius 3 is 2.65 bits per heavy atom. The maximum absolute atomic E-state index is 8.97. The molecule has 0 fully saturated rings. The Labute approximate surface area is 122 Å². The van der Waals surface area contributed by atoms with E-state index in [-0.39, 0.29) is 6.04 Å². The molecule has 1 rings (SSSR count). The van der Waals surface area contributed by atoms with Gasteiger partial charge in [0.05, 0.1) is 12.7 Å². The van der Waals surface area contributed by atoms with Crippen LogP contribution in [0.5, 0.6) is 5.75 Å². The first-order valence-corrected chi connectivity index (χ1v) is 6.99. The first-order valence-electron chi connectivity index (χ1n) is 6.99. The number of nitrogens with zero attached hydrogens (tertiary/aromatic N) is 2. The van der Waals surface area contributed by atoms with Crippen molar-refractivity contribution in [2.45, 2.75) is 32.9 Å². The van der Waals surface area contributed by atoms with Crippen molar-refractivity contribution >= 4 is 0 Å². The van der Waals surface area contributed by atoms with Gasteiger partial charge in [-0.2, -0.15) is 5.26 Å². The topological polar surface area (TPSA) is 62.3 Å². The van der Waals surface area contributed by atoms with Gasteiger partial charge in [0.25, 0.3) is 0 Å². The average Bonchev–Trinajstić information content (AvgIpc) is 2.44. The molecule has 0 amide bonds. The van der Waals surface area contributed by atoms with E-state index in [1.165, 1.54) is 0 Å². The highest BCUT2D eigenvalue weighted by Gasteiger charge is 2.10. The van der Waals surface area contributed by atoms with E-state index in [1.54, 1.807) is 7.11 Å². The van der Waals surface area contributed by atoms with Gasteiger partial charge < -0.3 is 15.4 Å². The summed E-state index contributed by atoms with van der Waals surface area (Å²) in [5.74, 6) is 1.15. The molecule has 0 radical (unpaired) electrons. The SMILES string of the molecule is COc1cc(CN(C)CCC(N)C(C)C)ccc1C#N. The van der Waals surface area contributed by atoms with Gasteiger partial charge >= 0.3 is 0 Å². The van der Waals surface area contributed by atoms with Crippen LogP contribution in [0.1, 0.15) is 31.4 Å². The fraction of sp³-hybridized carbons (Fsp3) is 0.562. The van der Waals surface area contributed by atoms with Crippen LogP contribution in [0.3, 0.4) is 0 Å². The highest BCUT2D eigenvalue weighted by molar-refractivity contribution is 5.45. The van der Waals surface area contributed by atoms with Gasteiger partial charge in [0.15, 0.2) is 0 Å². The largest absolute Gasteiger partial charge is 0.495 e. The molecule has 1 atom stereocenters. The van der Waals surface area contributed by atoms with Gasteiger partial charge in [-0.1, -0.05) is 19.9 Å². The molecule has 1 aromatic carbocycles. The third kappa shape index (κ3) is 4.84. The Morgan fingerprint density at radius 1 is 1.40 bits per heavy atom. The van der Waals surface area contributed by atoms with Crippen LogP contribution < -0.4 is 10.5 Å². The molecule has 4 nitrogen and oxygen atoms in total. The van der Waals surface area contributed by atoms with Gasteiger partial charge in [-0.15, -0.1) is 0 Å². The number of nitrogens with two attached hydrogens (primary N) is 1. The van der Waals surface area contributed by atoms with Crippen LogP contribution in [0.2, 0.25) is 0 Å². The highest BCUT2D eigenvalue weighted by atomic mass is 16.5. The lowest BCUT2D eigenvalue weighted by Crippen LogP contribution is -2.31. The quantitative estimate of drug-likeness (QED) is 0.830. The second-order valence-corrected chi connectivity index (χ2v) is 5.58. The molecule has 2 N–H and O–H groups in total. The van der Waals surface area contributed by atoms with Crippen LogP contribution in [0.25, 0.3) is 0 Å². The minimum atomic E-state index is 0.243. The molecular formula is C16H25N3O. The van der Waals surface area contributed by atoms with Crippen molar-refractivity contribution in [1.29, 1.82) is 5.26 Å². The third-order valence-electron chi connectivity index (χ3n) is 3.54. The number of rotatable bonds is 7. The zero-order chi connectivity index (χ0) is 15.1. The standard InChI is InChI=1S/C16H25N3O/c1-12(2)15(18)7-8-19(3)11-13-5-6-14(10-17)16(9-13)20-4/h5-6,9,12,15H,7-8,11,18H2,1-4H3. The van der Waals surface area contributed by atoms with E-state index in [1.807, 2.05) is 18.2 Å². The van der Waals surface area contributed by atoms with Crippen LogP contribution in [0.15, 0.2) is 18.2 Å². The van der Waals surface area contributed by atoms with Crippen molar-refractivity contribution in [3.63, 3.8) is 0 Å². The zero-order valence-corrected chi connectivity index (χ0v) is 12.9. The molecule has 0 aliphatic rings. The molecule has 0 saturated carbocycles. The fourth-order valence-electron chi connectivity index (χ4n) is 2.02. The lowest BCUT2D eigenvalue weighted by Gasteiger charge is -2.21. The van der Waals surface area contributed by atoms with E-state index in [0.29, 0.717) is 17.2 Å². The van der Waals surface area contributed by atoms with Crippen LogP contribution in [0.4, 0.5) is 0 Å². The molecule has 0 aliphatic carbocycles. The summed E-state index contributed by atoms with van der Waals surface area (Å²) in [6.45, 7) is 6.08. The van der Waals surface area contributed by atoms with Gasteiger partial charge in [0, 0.05) is 12.6 Å². The molecule has 0 aromatic heterocycles. The summed E-state index contributed by atoms with van der Waals surface area (Å²) in [5.41, 5.74) is 7.77. The van der Waals surface area contributed by atoms with E-state index in [2.05, 4.69) is 31.9 Å². The van der Waals surface area contributed by atoms with Gasteiger partial charge in [0.2, 0.25) is 0 Å². The molecular weight excluding hydrogens is 250 g/mol. The average molecular weight is 275 g/mol. The van der Waals surface area contributed by atoms with Crippen molar-refractivity contribution in [2.75, 3.05) is 20.7 Å². The number of hydrogen-bond acceptors (Lipinski definition) is 4. The number of methoxy groups -OCH3 is 1. The number of ether oxygens (including phenoxy) is 1. The van der Waals surface area contributed by atoms with Gasteiger partial charge in [-0.3, -0.25) is 0 Å². The smallest absolute Gasteiger partial charge is 0.136 e. The Morgan fingerprint density at radius 2 is 2.10 bits per heavy atom. The minimum Gasteiger partial charge on any atom is -0.495 e. The van der Waals surface area contributed by atoms with Crippen molar-refractivity contribution in [3.05, 3.63) is 29.3 Å². The summed E-state index contributed by atoms with van der Waals surface area (Å²) in [5, 5.41) is 8.97. The molecule has 110 valence electrons. The minimum absolute atomic E-state index is 0.243. The maximum atomic E-state index is 8.97. The number of hydrogen-bond donors (Lipinski definition) is 1. The molecule has 0 heterocycles. The second kappa shape index (κ2) is 7.88. The summed E-state index contributed by atoms with van der Waals surface area (Å²) < 4.78 is 5.23. The first kappa shape index (κ1) is 16.5. The lowest BCUT2D eigenvalue weighted by atomic mass is 10.0. The van der Waals surface area contributed by atoms with Crippen molar-refractivity contribution in [2.24, 2.45) is 11.7 Å². The van der Waals surface area contributed by atoms with Crippen LogP contribution in [-0.4, -0.2) is 31.6 Å². The Bertz CT molecular complexity index is 465. The van der Waals surface area contributed by atoms with E-state index >= 15 is 0 Å². The Kier molecular flexibility index (Phi) is 6.50. The fourth-order valence-corrected chi connectivity index (χ4v) is 2.02. The van der Waals surface area contributed by atoms with Crippen molar-refractivity contribution < 1.29 is 4.74 Å². The number of nitriles is 1. The van der Waals surface area contributed by atoms with Gasteiger partial charge in [0.1, 0.15) is 11.8 Å². The van der Waals surface area contributed by atoms with Gasteiger partial charge in [-0.25, -0.2) is 0 Å². The second-order valence-electron chi connectivity index (χ2n) is 5.58. The molecule has 1 aromatic rings. The van der Waals surface area contributed by atoms with Gasteiger partial charge in [-0.05, 0) is 43.6 Å². The molecule has 0 bridgehead atoms. The molecule has 0 saturated heterocycles. The first-order chi connectivity index (χ1) is 9.47. The predicted molar refractivity (Wildman–Crippen MR) is 81.5 cm³/mol. The summed E-state index contributed by atoms with van der Waals surface area (Å²) in [4.78, 5) is 2.24. The Hall–Kier alpha value is -1.57. The van der Waals surface area contributed by atoms with Crippen LogP contribution in [0, 0.1) is 17.2 Å². The molecule has 0 aliphatic heterocycles. The maximum Gasteiger partial charge on any atom is 0.136 e. The van der Waals surface area contributed by atoms with E-state index in [0.717, 1.165) is 25.1 Å². The summed E-state index contributed by atoms with van der Waals surface area (Å²) in [6.07, 6.45) is 0.988. The third-order valence-corrected chi connectivity index (χ3v) is 3.54. The van der Waals surface area contributed by atoms with E-state index < -0.39 is 0 Å². The lowest BCUT2D eigenvalue weighted by molar-refractivity contribution is 0.296. The zero-order valence-electron chi connectivity index (χ0n) is 12.9. The number of benzene rings is 1.